The second-order valence-electron chi connectivity index (χ2n) is 6.69. The minimum atomic E-state index is -0.248. The Labute approximate surface area is 162 Å². The average Bonchev–Trinajstić information content (AvgIpc) is 3.14. The van der Waals surface area contributed by atoms with Gasteiger partial charge < -0.3 is 4.74 Å². The largest absolute Gasteiger partial charge is 0.491 e. The summed E-state index contributed by atoms with van der Waals surface area (Å²) in [6, 6.07) is 20.9. The minimum Gasteiger partial charge on any atom is -0.491 e. The Bertz CT molecular complexity index is 1130. The lowest BCUT2D eigenvalue weighted by Gasteiger charge is -2.11. The molecule has 0 saturated heterocycles. The van der Waals surface area contributed by atoms with Gasteiger partial charge in [0.2, 0.25) is 0 Å². The number of aromatic nitrogens is 4. The molecule has 0 saturated carbocycles. The van der Waals surface area contributed by atoms with Gasteiger partial charge in [0.15, 0.2) is 0 Å². The summed E-state index contributed by atoms with van der Waals surface area (Å²) in [6.07, 6.45) is 0.0784. The Balaban J connectivity index is 1.90. The zero-order valence-electron chi connectivity index (χ0n) is 15.6. The number of rotatable bonds is 5. The van der Waals surface area contributed by atoms with E-state index in [0.717, 1.165) is 33.8 Å². The molecule has 0 radical (unpaired) electrons. The molecule has 0 unspecified atom stereocenters. The standard InChI is InChI=1S/C22H20N4O2/c1-14(2)28-17-10-6-9-16(13-17)22-20(18-11-12-19(27)24-23-18)21(25-26-22)15-7-4-3-5-8-15/h3-14H,1-2H3,(H,24,27)(H,25,26). The van der Waals surface area contributed by atoms with E-state index in [1.54, 1.807) is 6.07 Å². The predicted molar refractivity (Wildman–Crippen MR) is 109 cm³/mol. The van der Waals surface area contributed by atoms with Crippen LogP contribution in [0.5, 0.6) is 5.75 Å². The molecule has 0 bridgehead atoms. The van der Waals surface area contributed by atoms with E-state index < -0.39 is 0 Å². The zero-order chi connectivity index (χ0) is 19.5. The molecule has 140 valence electrons. The fourth-order valence-corrected chi connectivity index (χ4v) is 3.09. The summed E-state index contributed by atoms with van der Waals surface area (Å²) in [6.45, 7) is 3.98. The van der Waals surface area contributed by atoms with Crippen LogP contribution in [0, 0.1) is 0 Å². The Hall–Kier alpha value is -3.67. The maximum Gasteiger partial charge on any atom is 0.264 e. The van der Waals surface area contributed by atoms with Gasteiger partial charge in [-0.1, -0.05) is 42.5 Å². The molecule has 0 aliphatic carbocycles. The molecule has 4 rings (SSSR count). The van der Waals surface area contributed by atoms with Crippen LogP contribution < -0.4 is 10.3 Å². The molecular weight excluding hydrogens is 352 g/mol. The van der Waals surface area contributed by atoms with Gasteiger partial charge in [-0.25, -0.2) is 5.10 Å². The van der Waals surface area contributed by atoms with Crippen molar-refractivity contribution in [3.63, 3.8) is 0 Å². The number of ether oxygens (including phenoxy) is 1. The SMILES string of the molecule is CC(C)Oc1cccc(-c2n[nH]c(-c3ccccc3)c2-c2ccc(=O)[nH]n2)c1. The molecule has 0 aliphatic heterocycles. The lowest BCUT2D eigenvalue weighted by Crippen LogP contribution is -2.06. The maximum absolute atomic E-state index is 11.5. The van der Waals surface area contributed by atoms with Crippen molar-refractivity contribution in [2.75, 3.05) is 0 Å². The maximum atomic E-state index is 11.5. The predicted octanol–water partition coefficient (Wildman–Crippen LogP) is 4.28. The van der Waals surface area contributed by atoms with Gasteiger partial charge in [0.05, 0.1) is 23.1 Å². The number of benzene rings is 2. The highest BCUT2D eigenvalue weighted by molar-refractivity contribution is 5.90. The average molecular weight is 372 g/mol. The van der Waals surface area contributed by atoms with Crippen LogP contribution in [0.4, 0.5) is 0 Å². The van der Waals surface area contributed by atoms with E-state index in [-0.39, 0.29) is 11.7 Å². The molecule has 0 atom stereocenters. The van der Waals surface area contributed by atoms with E-state index in [1.165, 1.54) is 6.07 Å². The molecule has 0 spiro atoms. The fourth-order valence-electron chi connectivity index (χ4n) is 3.09. The highest BCUT2D eigenvalue weighted by Crippen LogP contribution is 2.37. The van der Waals surface area contributed by atoms with Crippen LogP contribution in [0.1, 0.15) is 13.8 Å². The highest BCUT2D eigenvalue weighted by atomic mass is 16.5. The monoisotopic (exact) mass is 372 g/mol. The van der Waals surface area contributed by atoms with E-state index in [0.29, 0.717) is 5.69 Å². The summed E-state index contributed by atoms with van der Waals surface area (Å²) in [4.78, 5) is 11.5. The van der Waals surface area contributed by atoms with Crippen LogP contribution in [0.2, 0.25) is 0 Å². The van der Waals surface area contributed by atoms with E-state index in [1.807, 2.05) is 68.4 Å². The normalized spacial score (nSPS) is 11.0. The summed E-state index contributed by atoms with van der Waals surface area (Å²) in [5, 5.41) is 14.5. The van der Waals surface area contributed by atoms with Crippen molar-refractivity contribution in [3.8, 4) is 39.5 Å². The number of H-pyrrole nitrogens is 2. The Morgan fingerprint density at radius 1 is 0.857 bits per heavy atom. The number of aromatic amines is 2. The molecule has 6 heteroatoms. The molecule has 28 heavy (non-hydrogen) atoms. The number of nitrogens with zero attached hydrogens (tertiary/aromatic N) is 2. The highest BCUT2D eigenvalue weighted by Gasteiger charge is 2.19. The molecule has 4 aromatic rings. The van der Waals surface area contributed by atoms with Crippen molar-refractivity contribution in [1.29, 1.82) is 0 Å². The molecule has 2 N–H and O–H groups in total. The van der Waals surface area contributed by atoms with Crippen molar-refractivity contribution < 1.29 is 4.74 Å². The molecule has 0 amide bonds. The molecule has 6 nitrogen and oxygen atoms in total. The lowest BCUT2D eigenvalue weighted by molar-refractivity contribution is 0.242. The summed E-state index contributed by atoms with van der Waals surface area (Å²) in [5.74, 6) is 0.775. The van der Waals surface area contributed by atoms with Gasteiger partial charge in [-0.15, -0.1) is 0 Å². The summed E-state index contributed by atoms with van der Waals surface area (Å²) in [7, 11) is 0. The number of hydrogen-bond acceptors (Lipinski definition) is 4. The van der Waals surface area contributed by atoms with Gasteiger partial charge in [-0.05, 0) is 32.0 Å². The molecule has 2 aromatic heterocycles. The van der Waals surface area contributed by atoms with Crippen molar-refractivity contribution in [3.05, 3.63) is 77.1 Å². The minimum absolute atomic E-state index is 0.0784. The van der Waals surface area contributed by atoms with Gasteiger partial charge in [0.25, 0.3) is 5.56 Å². The van der Waals surface area contributed by atoms with Gasteiger partial charge in [-0.2, -0.15) is 10.2 Å². The first kappa shape index (κ1) is 17.7. The molecule has 0 aliphatic rings. The first-order chi connectivity index (χ1) is 13.6. The van der Waals surface area contributed by atoms with E-state index >= 15 is 0 Å². The lowest BCUT2D eigenvalue weighted by atomic mass is 9.99. The Morgan fingerprint density at radius 2 is 1.64 bits per heavy atom. The third-order valence-corrected chi connectivity index (χ3v) is 4.24. The molecule has 2 aromatic carbocycles. The third kappa shape index (κ3) is 3.57. The van der Waals surface area contributed by atoms with Crippen LogP contribution in [0.3, 0.4) is 0 Å². The second kappa shape index (κ2) is 7.52. The van der Waals surface area contributed by atoms with Crippen LogP contribution in [-0.4, -0.2) is 26.5 Å². The summed E-state index contributed by atoms with van der Waals surface area (Å²) < 4.78 is 5.83. The van der Waals surface area contributed by atoms with Crippen LogP contribution in [0.15, 0.2) is 71.5 Å². The van der Waals surface area contributed by atoms with E-state index in [2.05, 4.69) is 20.4 Å². The summed E-state index contributed by atoms with van der Waals surface area (Å²) in [5.41, 5.74) is 4.68. The fraction of sp³-hybridized carbons (Fsp3) is 0.136. The first-order valence-corrected chi connectivity index (χ1v) is 9.09. The molecule has 2 heterocycles. The van der Waals surface area contributed by atoms with Gasteiger partial charge in [-0.3, -0.25) is 9.89 Å². The topological polar surface area (TPSA) is 83.7 Å². The van der Waals surface area contributed by atoms with Crippen molar-refractivity contribution in [2.45, 2.75) is 20.0 Å². The Morgan fingerprint density at radius 3 is 2.36 bits per heavy atom. The van der Waals surface area contributed by atoms with Gasteiger partial charge >= 0.3 is 0 Å². The first-order valence-electron chi connectivity index (χ1n) is 9.09. The van der Waals surface area contributed by atoms with Crippen LogP contribution >= 0.6 is 0 Å². The van der Waals surface area contributed by atoms with Gasteiger partial charge in [0.1, 0.15) is 11.4 Å². The van der Waals surface area contributed by atoms with Crippen molar-refractivity contribution in [1.82, 2.24) is 20.4 Å². The number of nitrogens with one attached hydrogen (secondary N) is 2. The van der Waals surface area contributed by atoms with Gasteiger partial charge in [0, 0.05) is 17.2 Å². The zero-order valence-corrected chi connectivity index (χ0v) is 15.6. The molecular formula is C22H20N4O2. The Kier molecular flexibility index (Phi) is 4.76. The van der Waals surface area contributed by atoms with Crippen LogP contribution in [0.25, 0.3) is 33.8 Å². The van der Waals surface area contributed by atoms with Crippen molar-refractivity contribution in [2.24, 2.45) is 0 Å². The number of hydrogen-bond donors (Lipinski definition) is 2. The van der Waals surface area contributed by atoms with E-state index in [9.17, 15) is 4.79 Å². The third-order valence-electron chi connectivity index (χ3n) is 4.24. The second-order valence-corrected chi connectivity index (χ2v) is 6.69. The van der Waals surface area contributed by atoms with Crippen LogP contribution in [-0.2, 0) is 0 Å². The molecule has 0 fully saturated rings. The van der Waals surface area contributed by atoms with Crippen molar-refractivity contribution >= 4 is 0 Å². The smallest absolute Gasteiger partial charge is 0.264 e. The quantitative estimate of drug-likeness (QED) is 0.548. The van der Waals surface area contributed by atoms with E-state index in [4.69, 9.17) is 4.74 Å². The summed E-state index contributed by atoms with van der Waals surface area (Å²) >= 11 is 0.